The molecule has 0 aromatic heterocycles. The quantitative estimate of drug-likeness (QED) is 0.840. The Morgan fingerprint density at radius 1 is 1.21 bits per heavy atom. The van der Waals surface area contributed by atoms with Gasteiger partial charge in [-0.1, -0.05) is 35.9 Å². The zero-order valence-electron chi connectivity index (χ0n) is 10.6. The van der Waals surface area contributed by atoms with Crippen molar-refractivity contribution in [3.05, 3.63) is 47.0 Å². The van der Waals surface area contributed by atoms with Gasteiger partial charge in [0.25, 0.3) is 0 Å². The highest BCUT2D eigenvalue weighted by molar-refractivity contribution is 6.30. The first kappa shape index (κ1) is 12.7. The lowest BCUT2D eigenvalue weighted by atomic mass is 9.76. The van der Waals surface area contributed by atoms with Crippen LogP contribution in [0, 0.1) is 17.8 Å². The SMILES string of the molecule is O=C(O)CCC1C2C=CC(C2)C1c1ccc(Cl)cc1. The molecule has 1 aromatic carbocycles. The van der Waals surface area contributed by atoms with Crippen LogP contribution >= 0.6 is 11.6 Å². The normalized spacial score (nSPS) is 31.8. The summed E-state index contributed by atoms with van der Waals surface area (Å²) in [7, 11) is 0. The Morgan fingerprint density at radius 3 is 2.58 bits per heavy atom. The number of hydrogen-bond acceptors (Lipinski definition) is 1. The van der Waals surface area contributed by atoms with Crippen molar-refractivity contribution in [1.29, 1.82) is 0 Å². The monoisotopic (exact) mass is 276 g/mol. The van der Waals surface area contributed by atoms with Crippen LogP contribution in [0.1, 0.15) is 30.7 Å². The molecule has 0 saturated heterocycles. The lowest BCUT2D eigenvalue weighted by Gasteiger charge is -2.28. The molecule has 1 saturated carbocycles. The van der Waals surface area contributed by atoms with Gasteiger partial charge in [0.05, 0.1) is 0 Å². The molecule has 19 heavy (non-hydrogen) atoms. The zero-order valence-corrected chi connectivity index (χ0v) is 11.4. The highest BCUT2D eigenvalue weighted by Crippen LogP contribution is 2.54. The molecular weight excluding hydrogens is 260 g/mol. The van der Waals surface area contributed by atoms with E-state index in [-0.39, 0.29) is 6.42 Å². The first-order valence-electron chi connectivity index (χ1n) is 6.81. The molecule has 4 unspecified atom stereocenters. The minimum absolute atomic E-state index is 0.270. The molecule has 2 nitrogen and oxygen atoms in total. The molecule has 2 aliphatic rings. The van der Waals surface area contributed by atoms with E-state index in [0.29, 0.717) is 23.7 Å². The summed E-state index contributed by atoms with van der Waals surface area (Å²) in [4.78, 5) is 10.8. The number of benzene rings is 1. The van der Waals surface area contributed by atoms with Crippen molar-refractivity contribution < 1.29 is 9.90 Å². The Kier molecular flexibility index (Phi) is 3.36. The third-order valence-electron chi connectivity index (χ3n) is 4.57. The van der Waals surface area contributed by atoms with E-state index in [1.165, 1.54) is 12.0 Å². The molecule has 4 atom stereocenters. The van der Waals surface area contributed by atoms with Gasteiger partial charge in [-0.3, -0.25) is 4.79 Å². The Hall–Kier alpha value is -1.28. The number of carbonyl (C=O) groups is 1. The van der Waals surface area contributed by atoms with Gasteiger partial charge in [0.15, 0.2) is 0 Å². The van der Waals surface area contributed by atoms with E-state index in [4.69, 9.17) is 16.7 Å². The van der Waals surface area contributed by atoms with Crippen LogP contribution in [0.3, 0.4) is 0 Å². The fraction of sp³-hybridized carbons (Fsp3) is 0.438. The average molecular weight is 277 g/mol. The third-order valence-corrected chi connectivity index (χ3v) is 4.82. The van der Waals surface area contributed by atoms with Gasteiger partial charge >= 0.3 is 5.97 Å². The summed E-state index contributed by atoms with van der Waals surface area (Å²) in [6.45, 7) is 0. The maximum absolute atomic E-state index is 10.8. The minimum atomic E-state index is -0.693. The van der Waals surface area contributed by atoms with Gasteiger partial charge in [0, 0.05) is 11.4 Å². The van der Waals surface area contributed by atoms with E-state index in [9.17, 15) is 4.79 Å². The van der Waals surface area contributed by atoms with Gasteiger partial charge in [-0.05, 0) is 54.2 Å². The number of rotatable bonds is 4. The van der Waals surface area contributed by atoms with Crippen LogP contribution in [0.25, 0.3) is 0 Å². The van der Waals surface area contributed by atoms with Crippen molar-refractivity contribution in [2.75, 3.05) is 0 Å². The van der Waals surface area contributed by atoms with Crippen LogP contribution in [-0.4, -0.2) is 11.1 Å². The summed E-state index contributed by atoms with van der Waals surface area (Å²) >= 11 is 5.94. The number of fused-ring (bicyclic) bond motifs is 2. The van der Waals surface area contributed by atoms with Gasteiger partial charge in [0.1, 0.15) is 0 Å². The molecule has 0 aliphatic heterocycles. The lowest BCUT2D eigenvalue weighted by molar-refractivity contribution is -0.137. The van der Waals surface area contributed by atoms with Gasteiger partial charge in [-0.25, -0.2) is 0 Å². The second-order valence-electron chi connectivity index (χ2n) is 5.62. The minimum Gasteiger partial charge on any atom is -0.481 e. The van der Waals surface area contributed by atoms with Crippen molar-refractivity contribution in [3.63, 3.8) is 0 Å². The molecular formula is C16H17ClO2. The summed E-state index contributed by atoms with van der Waals surface area (Å²) in [5, 5.41) is 9.66. The number of allylic oxidation sites excluding steroid dienone is 2. The fourth-order valence-electron chi connectivity index (χ4n) is 3.79. The number of hydrogen-bond donors (Lipinski definition) is 1. The number of aliphatic carboxylic acids is 1. The van der Waals surface area contributed by atoms with E-state index >= 15 is 0 Å². The van der Waals surface area contributed by atoms with Crippen molar-refractivity contribution in [2.24, 2.45) is 17.8 Å². The van der Waals surface area contributed by atoms with Crippen molar-refractivity contribution in [3.8, 4) is 0 Å². The Morgan fingerprint density at radius 2 is 1.89 bits per heavy atom. The number of carboxylic acids is 1. The first-order chi connectivity index (χ1) is 9.15. The predicted octanol–water partition coefficient (Wildman–Crippen LogP) is 4.11. The number of carboxylic acid groups (broad SMARTS) is 1. The lowest BCUT2D eigenvalue weighted by Crippen LogP contribution is -2.19. The average Bonchev–Trinajstić information content (AvgIpc) is 2.97. The highest BCUT2D eigenvalue weighted by Gasteiger charge is 2.44. The third kappa shape index (κ3) is 2.42. The van der Waals surface area contributed by atoms with Crippen LogP contribution in [0.5, 0.6) is 0 Å². The fourth-order valence-corrected chi connectivity index (χ4v) is 3.91. The molecule has 1 aromatic rings. The maximum Gasteiger partial charge on any atom is 0.303 e. The van der Waals surface area contributed by atoms with Gasteiger partial charge < -0.3 is 5.11 Å². The van der Waals surface area contributed by atoms with E-state index in [2.05, 4.69) is 24.3 Å². The van der Waals surface area contributed by atoms with Crippen LogP contribution < -0.4 is 0 Å². The van der Waals surface area contributed by atoms with Crippen LogP contribution in [0.4, 0.5) is 0 Å². The van der Waals surface area contributed by atoms with Gasteiger partial charge in [-0.15, -0.1) is 0 Å². The predicted molar refractivity (Wildman–Crippen MR) is 75.3 cm³/mol. The first-order valence-corrected chi connectivity index (χ1v) is 7.18. The maximum atomic E-state index is 10.8. The highest BCUT2D eigenvalue weighted by atomic mass is 35.5. The molecule has 3 heteroatoms. The summed E-state index contributed by atoms with van der Waals surface area (Å²) in [6.07, 6.45) is 6.81. The molecule has 3 rings (SSSR count). The van der Waals surface area contributed by atoms with Crippen LogP contribution in [0.2, 0.25) is 5.02 Å². The Labute approximate surface area is 118 Å². The van der Waals surface area contributed by atoms with Gasteiger partial charge in [-0.2, -0.15) is 0 Å². The molecule has 1 fully saturated rings. The summed E-state index contributed by atoms with van der Waals surface area (Å²) in [6, 6.07) is 8.05. The van der Waals surface area contributed by atoms with E-state index in [0.717, 1.165) is 11.4 Å². The zero-order chi connectivity index (χ0) is 13.4. The van der Waals surface area contributed by atoms with Crippen LogP contribution in [0.15, 0.2) is 36.4 Å². The molecule has 1 N–H and O–H groups in total. The van der Waals surface area contributed by atoms with E-state index < -0.39 is 5.97 Å². The summed E-state index contributed by atoms with van der Waals surface area (Å²) in [5.74, 6) is 1.37. The van der Waals surface area contributed by atoms with Crippen molar-refractivity contribution in [1.82, 2.24) is 0 Å². The molecule has 0 amide bonds. The second kappa shape index (κ2) is 5.01. The molecule has 2 bridgehead atoms. The number of halogens is 1. The second-order valence-corrected chi connectivity index (χ2v) is 6.06. The summed E-state index contributed by atoms with van der Waals surface area (Å²) < 4.78 is 0. The molecule has 100 valence electrons. The molecule has 0 radical (unpaired) electrons. The smallest absolute Gasteiger partial charge is 0.303 e. The van der Waals surface area contributed by atoms with Gasteiger partial charge in [0.2, 0.25) is 0 Å². The Bertz CT molecular complexity index is 506. The molecule has 0 heterocycles. The topological polar surface area (TPSA) is 37.3 Å². The van der Waals surface area contributed by atoms with Crippen molar-refractivity contribution in [2.45, 2.75) is 25.2 Å². The molecule has 0 spiro atoms. The molecule has 2 aliphatic carbocycles. The van der Waals surface area contributed by atoms with E-state index in [1.54, 1.807) is 0 Å². The largest absolute Gasteiger partial charge is 0.481 e. The standard InChI is InChI=1S/C16H17ClO2/c17-13-5-3-10(4-6-13)16-12-2-1-11(9-12)14(16)7-8-15(18)19/h1-6,11-12,14,16H,7-9H2,(H,18,19). The van der Waals surface area contributed by atoms with Crippen LogP contribution in [-0.2, 0) is 4.79 Å². The van der Waals surface area contributed by atoms with E-state index in [1.807, 2.05) is 12.1 Å². The Balaban J connectivity index is 1.83. The van der Waals surface area contributed by atoms with Crippen molar-refractivity contribution >= 4 is 17.6 Å². The summed E-state index contributed by atoms with van der Waals surface area (Å²) in [5.41, 5.74) is 1.30.